The molecule has 2 aliphatic rings. The van der Waals surface area contributed by atoms with Gasteiger partial charge in [0.2, 0.25) is 5.91 Å². The van der Waals surface area contributed by atoms with Crippen molar-refractivity contribution in [3.8, 4) is 0 Å². The van der Waals surface area contributed by atoms with Gasteiger partial charge in [-0.3, -0.25) is 14.3 Å². The Balaban J connectivity index is 1.11. The number of hydrogen-bond acceptors (Lipinski definition) is 7. The van der Waals surface area contributed by atoms with Gasteiger partial charge in [-0.15, -0.1) is 5.10 Å². The Morgan fingerprint density at radius 3 is 2.71 bits per heavy atom. The minimum atomic E-state index is -2.82. The molecule has 2 aromatic heterocycles. The molecule has 2 amide bonds. The molecule has 12 heteroatoms. The van der Waals surface area contributed by atoms with Crippen LogP contribution in [-0.4, -0.2) is 62.7 Å². The third-order valence-corrected chi connectivity index (χ3v) is 12.6. The minimum Gasteiger partial charge on any atom is -0.432 e. The Morgan fingerprint density at radius 2 is 1.90 bits per heavy atom. The van der Waals surface area contributed by atoms with E-state index in [0.29, 0.717) is 37.3 Å². The molecule has 0 radical (unpaired) electrons. The number of aromatic nitrogens is 4. The fourth-order valence-electron chi connectivity index (χ4n) is 7.98. The lowest BCUT2D eigenvalue weighted by molar-refractivity contribution is -0.146. The lowest BCUT2D eigenvalue weighted by Gasteiger charge is -2.32. The average Bonchev–Trinajstić information content (AvgIpc) is 3.82. The second kappa shape index (κ2) is 13.0. The second-order valence-corrected chi connectivity index (χ2v) is 17.8. The van der Waals surface area contributed by atoms with Crippen molar-refractivity contribution in [3.05, 3.63) is 108 Å². The molecule has 4 heterocycles. The van der Waals surface area contributed by atoms with Gasteiger partial charge in [-0.2, -0.15) is 0 Å². The first-order chi connectivity index (χ1) is 23.6. The molecule has 11 nitrogen and oxygen atoms in total. The zero-order chi connectivity index (χ0) is 34.3. The number of nitrogens with zero attached hydrogens (tertiary/aromatic N) is 4. The van der Waals surface area contributed by atoms with E-state index in [1.165, 1.54) is 0 Å². The zero-order valence-electron chi connectivity index (χ0n) is 28.0. The van der Waals surface area contributed by atoms with E-state index in [4.69, 9.17) is 4.74 Å². The van der Waals surface area contributed by atoms with Crippen LogP contribution in [0.4, 0.5) is 11.4 Å². The minimum absolute atomic E-state index is 0.000401. The smallest absolute Gasteiger partial charge is 0.264 e. The highest BCUT2D eigenvalue weighted by Gasteiger charge is 2.66. The van der Waals surface area contributed by atoms with Gasteiger partial charge in [0, 0.05) is 65.6 Å². The standard InChI is InChI=1S/C37H42N6O5Si/c1-24-35(49(2,3)47)33(15-17-42-23-28(16-18-44)40-41-42)48-37(24)30-12-5-7-14-32(30)43(36(37)46)22-25-9-8-10-27(19-25)39-34(45)20-26-21-38-31-13-6-4-11-29(26)31/h4-14,19,21,23-24,33,35,38,44,47H,15-18,20,22H2,1-3H3,(H,39,45)/t24-,33+,35-,37+/m1/s1. The fourth-order valence-corrected chi connectivity index (χ4v) is 10.6. The summed E-state index contributed by atoms with van der Waals surface area (Å²) in [5, 5.41) is 21.7. The molecule has 3 aromatic carbocycles. The number of carbonyl (C=O) groups is 2. The lowest BCUT2D eigenvalue weighted by atomic mass is 9.82. The summed E-state index contributed by atoms with van der Waals surface area (Å²) < 4.78 is 8.66. The van der Waals surface area contributed by atoms with Gasteiger partial charge < -0.3 is 29.8 Å². The number of aryl methyl sites for hydroxylation is 1. The van der Waals surface area contributed by atoms with Gasteiger partial charge in [0.05, 0.1) is 30.5 Å². The fraction of sp³-hybridized carbons (Fsp3) is 0.351. The number of anilines is 2. The van der Waals surface area contributed by atoms with Gasteiger partial charge in [0.1, 0.15) is 0 Å². The summed E-state index contributed by atoms with van der Waals surface area (Å²) in [7, 11) is -2.82. The summed E-state index contributed by atoms with van der Waals surface area (Å²) in [6, 6.07) is 23.3. The number of carbonyl (C=O) groups excluding carboxylic acids is 2. The molecule has 7 rings (SSSR count). The van der Waals surface area contributed by atoms with Gasteiger partial charge >= 0.3 is 0 Å². The van der Waals surface area contributed by atoms with Crippen LogP contribution in [0.2, 0.25) is 18.6 Å². The van der Waals surface area contributed by atoms with Gasteiger partial charge in [-0.05, 0) is 54.9 Å². The van der Waals surface area contributed by atoms with Crippen LogP contribution >= 0.6 is 0 Å². The summed E-state index contributed by atoms with van der Waals surface area (Å²) in [5.41, 5.74) is 4.31. The molecular formula is C37H42N6O5Si. The Hall–Kier alpha value is -4.62. The first kappa shape index (κ1) is 32.9. The van der Waals surface area contributed by atoms with E-state index in [0.717, 1.165) is 33.3 Å². The third-order valence-electron chi connectivity index (χ3n) is 10.1. The van der Waals surface area contributed by atoms with E-state index in [1.807, 2.05) is 105 Å². The molecule has 1 saturated heterocycles. The van der Waals surface area contributed by atoms with Crippen LogP contribution in [0.3, 0.4) is 0 Å². The molecule has 1 fully saturated rings. The maximum absolute atomic E-state index is 14.7. The highest BCUT2D eigenvalue weighted by atomic mass is 28.4. The molecule has 0 aliphatic carbocycles. The van der Waals surface area contributed by atoms with Crippen molar-refractivity contribution in [1.29, 1.82) is 0 Å². The molecule has 49 heavy (non-hydrogen) atoms. The Morgan fingerprint density at radius 1 is 1.10 bits per heavy atom. The number of ether oxygens (including phenoxy) is 1. The van der Waals surface area contributed by atoms with Gasteiger partial charge in [0.25, 0.3) is 5.91 Å². The van der Waals surface area contributed by atoms with Crippen molar-refractivity contribution in [2.45, 2.75) is 69.6 Å². The summed E-state index contributed by atoms with van der Waals surface area (Å²) >= 11 is 0. The van der Waals surface area contributed by atoms with Crippen LogP contribution < -0.4 is 10.2 Å². The molecule has 0 bridgehead atoms. The third kappa shape index (κ3) is 6.10. The summed E-state index contributed by atoms with van der Waals surface area (Å²) in [4.78, 5) is 44.4. The quantitative estimate of drug-likeness (QED) is 0.145. The van der Waals surface area contributed by atoms with E-state index >= 15 is 0 Å². The number of para-hydroxylation sites is 2. The lowest BCUT2D eigenvalue weighted by Crippen LogP contribution is -2.46. The number of hydrogen-bond donors (Lipinski definition) is 4. The highest BCUT2D eigenvalue weighted by molar-refractivity contribution is 6.71. The van der Waals surface area contributed by atoms with E-state index < -0.39 is 13.9 Å². The Labute approximate surface area is 286 Å². The maximum atomic E-state index is 14.7. The monoisotopic (exact) mass is 678 g/mol. The molecule has 4 N–H and O–H groups in total. The molecule has 2 aliphatic heterocycles. The molecule has 1 spiro atoms. The predicted octanol–water partition coefficient (Wildman–Crippen LogP) is 4.91. The normalized spacial score (nSPS) is 21.9. The number of aliphatic hydroxyl groups excluding tert-OH is 1. The number of aromatic amines is 1. The molecule has 5 aromatic rings. The number of aliphatic hydroxyl groups is 1. The largest absolute Gasteiger partial charge is 0.432 e. The first-order valence-electron chi connectivity index (χ1n) is 16.8. The molecular weight excluding hydrogens is 637 g/mol. The first-order valence-corrected chi connectivity index (χ1v) is 19.9. The second-order valence-electron chi connectivity index (χ2n) is 13.8. The van der Waals surface area contributed by atoms with Gasteiger partial charge in [0.15, 0.2) is 13.9 Å². The highest BCUT2D eigenvalue weighted by Crippen LogP contribution is 2.59. The van der Waals surface area contributed by atoms with Crippen molar-refractivity contribution in [1.82, 2.24) is 20.0 Å². The van der Waals surface area contributed by atoms with Crippen molar-refractivity contribution in [2.24, 2.45) is 5.92 Å². The number of benzene rings is 3. The van der Waals surface area contributed by atoms with Crippen molar-refractivity contribution in [3.63, 3.8) is 0 Å². The van der Waals surface area contributed by atoms with E-state index in [2.05, 4.69) is 20.6 Å². The van der Waals surface area contributed by atoms with Crippen molar-refractivity contribution < 1.29 is 24.2 Å². The Kier molecular flexibility index (Phi) is 8.74. The van der Waals surface area contributed by atoms with Crippen molar-refractivity contribution >= 4 is 42.4 Å². The molecule has 0 saturated carbocycles. The number of nitrogens with one attached hydrogen (secondary N) is 2. The van der Waals surface area contributed by atoms with E-state index in [1.54, 1.807) is 9.58 Å². The van der Waals surface area contributed by atoms with Crippen LogP contribution in [0.25, 0.3) is 10.9 Å². The number of fused-ring (bicyclic) bond motifs is 3. The summed E-state index contributed by atoms with van der Waals surface area (Å²) in [6.07, 6.45) is 4.53. The predicted molar refractivity (Wildman–Crippen MR) is 189 cm³/mol. The SMILES string of the molecule is C[C@@H]1[C@@H]([Si](C)(C)O)[C@H](CCn2cc(CCO)nn2)O[C@@]12C(=O)N(Cc1cccc(NC(=O)Cc3c[nH]c4ccccc34)c1)c1ccccc12. The Bertz CT molecular complexity index is 2000. The van der Waals surface area contributed by atoms with Crippen LogP contribution in [-0.2, 0) is 45.9 Å². The average molecular weight is 679 g/mol. The maximum Gasteiger partial charge on any atom is 0.264 e. The van der Waals surface area contributed by atoms with Crippen LogP contribution in [0.1, 0.15) is 35.7 Å². The van der Waals surface area contributed by atoms with E-state index in [-0.39, 0.29) is 42.4 Å². The molecule has 0 unspecified atom stereocenters. The number of amides is 2. The number of rotatable bonds is 11. The van der Waals surface area contributed by atoms with Crippen LogP contribution in [0.5, 0.6) is 0 Å². The molecule has 254 valence electrons. The number of H-pyrrole nitrogens is 1. The van der Waals surface area contributed by atoms with Crippen LogP contribution in [0.15, 0.2) is 85.2 Å². The summed E-state index contributed by atoms with van der Waals surface area (Å²) in [5.74, 6) is -0.551. The van der Waals surface area contributed by atoms with Gasteiger partial charge in [-0.1, -0.05) is 60.7 Å². The summed E-state index contributed by atoms with van der Waals surface area (Å²) in [6.45, 7) is 6.67. The van der Waals surface area contributed by atoms with Gasteiger partial charge in [-0.25, -0.2) is 0 Å². The molecule has 4 atom stereocenters. The van der Waals surface area contributed by atoms with E-state index in [9.17, 15) is 19.5 Å². The topological polar surface area (TPSA) is 146 Å². The van der Waals surface area contributed by atoms with Crippen molar-refractivity contribution in [2.75, 3.05) is 16.8 Å². The zero-order valence-corrected chi connectivity index (χ0v) is 29.0. The van der Waals surface area contributed by atoms with Crippen LogP contribution in [0, 0.1) is 5.92 Å².